The van der Waals surface area contributed by atoms with E-state index in [1.807, 2.05) is 11.9 Å². The van der Waals surface area contributed by atoms with Crippen molar-refractivity contribution in [2.75, 3.05) is 13.6 Å². The number of rotatable bonds is 1. The molecule has 0 aromatic heterocycles. The molecule has 15 heavy (non-hydrogen) atoms. The van der Waals surface area contributed by atoms with E-state index in [4.69, 9.17) is 0 Å². The van der Waals surface area contributed by atoms with E-state index in [-0.39, 0.29) is 17.6 Å². The normalized spacial score (nSPS) is 22.3. The predicted molar refractivity (Wildman–Crippen MR) is 56.1 cm³/mol. The summed E-state index contributed by atoms with van der Waals surface area (Å²) < 4.78 is 13.1. The minimum atomic E-state index is -0.216. The molecule has 0 radical (unpaired) electrons. The summed E-state index contributed by atoms with van der Waals surface area (Å²) in [5, 5.41) is 0. The van der Waals surface area contributed by atoms with Gasteiger partial charge in [0.25, 0.3) is 0 Å². The number of halogens is 1. The standard InChI is InChI=1S/C12H14FNO/c1-8-7-9(3-4-10(8)13)12-11(15)5-6-14(12)2/h3-4,7,12H,5-6H2,1-2H3. The number of likely N-dealkylation sites (N-methyl/N-ethyl adjacent to an activating group) is 1. The van der Waals surface area contributed by atoms with Crippen LogP contribution >= 0.6 is 0 Å². The molecule has 1 unspecified atom stereocenters. The Hall–Kier alpha value is -1.22. The molecular weight excluding hydrogens is 193 g/mol. The predicted octanol–water partition coefficient (Wildman–Crippen LogP) is 2.08. The zero-order valence-electron chi connectivity index (χ0n) is 8.96. The van der Waals surface area contributed by atoms with E-state index >= 15 is 0 Å². The van der Waals surface area contributed by atoms with Crippen molar-refractivity contribution in [2.45, 2.75) is 19.4 Å². The maximum absolute atomic E-state index is 13.1. The lowest BCUT2D eigenvalue weighted by atomic mass is 10.0. The third-order valence-electron chi connectivity index (χ3n) is 2.95. The first-order chi connectivity index (χ1) is 7.09. The summed E-state index contributed by atoms with van der Waals surface area (Å²) in [5.74, 6) is 0.00959. The van der Waals surface area contributed by atoms with Gasteiger partial charge < -0.3 is 0 Å². The summed E-state index contributed by atoms with van der Waals surface area (Å²) >= 11 is 0. The molecule has 3 heteroatoms. The van der Waals surface area contributed by atoms with Gasteiger partial charge in [-0.15, -0.1) is 0 Å². The van der Waals surface area contributed by atoms with Gasteiger partial charge in [-0.25, -0.2) is 4.39 Å². The first-order valence-corrected chi connectivity index (χ1v) is 5.08. The molecule has 1 aromatic rings. The summed E-state index contributed by atoms with van der Waals surface area (Å²) in [6.45, 7) is 2.51. The van der Waals surface area contributed by atoms with Crippen molar-refractivity contribution in [3.8, 4) is 0 Å². The number of benzene rings is 1. The Labute approximate surface area is 88.7 Å². The number of ketones is 1. The van der Waals surface area contributed by atoms with Crippen molar-refractivity contribution in [3.05, 3.63) is 35.1 Å². The van der Waals surface area contributed by atoms with Gasteiger partial charge in [-0.3, -0.25) is 9.69 Å². The van der Waals surface area contributed by atoms with E-state index in [9.17, 15) is 9.18 Å². The van der Waals surface area contributed by atoms with Gasteiger partial charge in [-0.05, 0) is 31.2 Å². The van der Waals surface area contributed by atoms with Crippen molar-refractivity contribution < 1.29 is 9.18 Å². The highest BCUT2D eigenvalue weighted by Gasteiger charge is 2.30. The largest absolute Gasteiger partial charge is 0.297 e. The van der Waals surface area contributed by atoms with Crippen LogP contribution in [0, 0.1) is 12.7 Å². The monoisotopic (exact) mass is 207 g/mol. The van der Waals surface area contributed by atoms with Crippen molar-refractivity contribution in [1.29, 1.82) is 0 Å². The molecule has 1 atom stereocenters. The van der Waals surface area contributed by atoms with Gasteiger partial charge in [-0.1, -0.05) is 12.1 Å². The van der Waals surface area contributed by atoms with E-state index in [1.54, 1.807) is 19.1 Å². The molecule has 2 nitrogen and oxygen atoms in total. The van der Waals surface area contributed by atoms with Crippen LogP contribution in [0.5, 0.6) is 0 Å². The number of carbonyl (C=O) groups excluding carboxylic acids is 1. The maximum Gasteiger partial charge on any atom is 0.155 e. The highest BCUT2D eigenvalue weighted by molar-refractivity contribution is 5.87. The Morgan fingerprint density at radius 1 is 1.47 bits per heavy atom. The average molecular weight is 207 g/mol. The average Bonchev–Trinajstić information content (AvgIpc) is 2.52. The molecule has 1 heterocycles. The number of hydrogen-bond donors (Lipinski definition) is 0. The number of aryl methyl sites for hydroxylation is 1. The minimum Gasteiger partial charge on any atom is -0.297 e. The molecule has 1 aromatic carbocycles. The molecule has 0 saturated carbocycles. The van der Waals surface area contributed by atoms with Crippen LogP contribution in [0.25, 0.3) is 0 Å². The highest BCUT2D eigenvalue weighted by Crippen LogP contribution is 2.28. The van der Waals surface area contributed by atoms with Crippen LogP contribution in [-0.4, -0.2) is 24.3 Å². The number of carbonyl (C=O) groups is 1. The Morgan fingerprint density at radius 3 is 2.73 bits per heavy atom. The molecule has 1 aliphatic rings. The van der Waals surface area contributed by atoms with Crippen LogP contribution in [0.3, 0.4) is 0 Å². The van der Waals surface area contributed by atoms with Crippen LogP contribution in [0.4, 0.5) is 4.39 Å². The molecule has 1 saturated heterocycles. The van der Waals surface area contributed by atoms with E-state index in [1.165, 1.54) is 6.07 Å². The van der Waals surface area contributed by atoms with Crippen molar-refractivity contribution in [1.82, 2.24) is 4.90 Å². The second-order valence-corrected chi connectivity index (χ2v) is 4.11. The Bertz CT molecular complexity index is 403. The molecule has 0 bridgehead atoms. The zero-order chi connectivity index (χ0) is 11.0. The fourth-order valence-electron chi connectivity index (χ4n) is 2.08. The van der Waals surface area contributed by atoms with Gasteiger partial charge in [0.2, 0.25) is 0 Å². The maximum atomic E-state index is 13.1. The lowest BCUT2D eigenvalue weighted by Gasteiger charge is -2.18. The van der Waals surface area contributed by atoms with E-state index in [0.717, 1.165) is 12.1 Å². The van der Waals surface area contributed by atoms with E-state index < -0.39 is 0 Å². The molecule has 80 valence electrons. The third kappa shape index (κ3) is 1.79. The number of Topliss-reactive ketones (excluding diaryl/α,β-unsaturated/α-hetero) is 1. The van der Waals surface area contributed by atoms with Gasteiger partial charge in [0.05, 0.1) is 6.04 Å². The summed E-state index contributed by atoms with van der Waals surface area (Å²) in [6.07, 6.45) is 0.595. The number of likely N-dealkylation sites (tertiary alicyclic amines) is 1. The molecular formula is C12H14FNO. The summed E-state index contributed by atoms with van der Waals surface area (Å²) in [7, 11) is 1.92. The van der Waals surface area contributed by atoms with Crippen LogP contribution in [0.15, 0.2) is 18.2 Å². The first-order valence-electron chi connectivity index (χ1n) is 5.08. The fourth-order valence-corrected chi connectivity index (χ4v) is 2.08. The Morgan fingerprint density at radius 2 is 2.20 bits per heavy atom. The van der Waals surface area contributed by atoms with Crippen LogP contribution in [0.2, 0.25) is 0 Å². The van der Waals surface area contributed by atoms with E-state index in [2.05, 4.69) is 0 Å². The molecule has 2 rings (SSSR count). The molecule has 1 fully saturated rings. The van der Waals surface area contributed by atoms with Gasteiger partial charge in [0, 0.05) is 13.0 Å². The van der Waals surface area contributed by atoms with Gasteiger partial charge >= 0.3 is 0 Å². The van der Waals surface area contributed by atoms with Crippen LogP contribution in [0.1, 0.15) is 23.6 Å². The third-order valence-corrected chi connectivity index (χ3v) is 2.95. The smallest absolute Gasteiger partial charge is 0.155 e. The Balaban J connectivity index is 2.36. The first kappa shape index (κ1) is 10.3. The van der Waals surface area contributed by atoms with Gasteiger partial charge in [0.15, 0.2) is 5.78 Å². The SMILES string of the molecule is Cc1cc(C2C(=O)CCN2C)ccc1F. The molecule has 0 aliphatic carbocycles. The Kier molecular flexibility index (Phi) is 2.57. The van der Waals surface area contributed by atoms with Crippen LogP contribution < -0.4 is 0 Å². The highest BCUT2D eigenvalue weighted by atomic mass is 19.1. The second-order valence-electron chi connectivity index (χ2n) is 4.11. The van der Waals surface area contributed by atoms with Crippen molar-refractivity contribution in [2.24, 2.45) is 0 Å². The molecule has 1 aliphatic heterocycles. The topological polar surface area (TPSA) is 20.3 Å². The lowest BCUT2D eigenvalue weighted by molar-refractivity contribution is -0.119. The summed E-state index contributed by atoms with van der Waals surface area (Å²) in [6, 6.07) is 4.72. The molecule has 0 amide bonds. The zero-order valence-corrected chi connectivity index (χ0v) is 8.96. The van der Waals surface area contributed by atoms with Gasteiger partial charge in [0.1, 0.15) is 5.82 Å². The number of nitrogens with zero attached hydrogens (tertiary/aromatic N) is 1. The minimum absolute atomic E-state index is 0.177. The van der Waals surface area contributed by atoms with Gasteiger partial charge in [-0.2, -0.15) is 0 Å². The van der Waals surface area contributed by atoms with Crippen molar-refractivity contribution in [3.63, 3.8) is 0 Å². The molecule has 0 spiro atoms. The number of hydrogen-bond acceptors (Lipinski definition) is 2. The quantitative estimate of drug-likeness (QED) is 0.702. The van der Waals surface area contributed by atoms with Crippen molar-refractivity contribution >= 4 is 5.78 Å². The lowest BCUT2D eigenvalue weighted by Crippen LogP contribution is -2.21. The second kappa shape index (κ2) is 3.74. The van der Waals surface area contributed by atoms with E-state index in [0.29, 0.717) is 12.0 Å². The summed E-state index contributed by atoms with van der Waals surface area (Å²) in [5.41, 5.74) is 1.50. The molecule has 0 N–H and O–H groups in total. The van der Waals surface area contributed by atoms with Crippen LogP contribution in [-0.2, 0) is 4.79 Å². The fraction of sp³-hybridized carbons (Fsp3) is 0.417. The summed E-state index contributed by atoms with van der Waals surface area (Å²) in [4.78, 5) is 13.7.